The first-order valence-corrected chi connectivity index (χ1v) is 12.3. The number of rotatable bonds is 8. The van der Waals surface area contributed by atoms with Crippen LogP contribution in [0.2, 0.25) is 0 Å². The summed E-state index contributed by atoms with van der Waals surface area (Å²) in [4.78, 5) is 24.4. The molecule has 3 N–H and O–H groups in total. The Bertz CT molecular complexity index is 1300. The molecule has 1 aromatic carbocycles. The van der Waals surface area contributed by atoms with Gasteiger partial charge in [-0.2, -0.15) is 18.2 Å². The second-order valence-corrected chi connectivity index (χ2v) is 9.29. The van der Waals surface area contributed by atoms with Gasteiger partial charge in [0, 0.05) is 12.6 Å². The van der Waals surface area contributed by atoms with Crippen molar-refractivity contribution < 1.29 is 22.7 Å². The first-order chi connectivity index (χ1) is 17.6. The number of nitrogens with zero attached hydrogens (tertiary/aromatic N) is 4. The highest BCUT2D eigenvalue weighted by molar-refractivity contribution is 5.90. The molecule has 8 nitrogen and oxygen atoms in total. The van der Waals surface area contributed by atoms with Gasteiger partial charge in [0.1, 0.15) is 28.5 Å². The number of phenols is 1. The van der Waals surface area contributed by atoms with Gasteiger partial charge in [-0.1, -0.05) is 25.8 Å². The molecule has 4 rings (SSSR count). The molecule has 0 saturated carbocycles. The van der Waals surface area contributed by atoms with E-state index in [4.69, 9.17) is 0 Å². The smallest absolute Gasteiger partial charge is 0.431 e. The van der Waals surface area contributed by atoms with Gasteiger partial charge >= 0.3 is 6.18 Å². The third-order valence-electron chi connectivity index (χ3n) is 6.48. The van der Waals surface area contributed by atoms with Gasteiger partial charge in [0.2, 0.25) is 5.95 Å². The van der Waals surface area contributed by atoms with Crippen LogP contribution in [0, 0.1) is 5.82 Å². The van der Waals surface area contributed by atoms with Gasteiger partial charge in [0.15, 0.2) is 5.82 Å². The van der Waals surface area contributed by atoms with Crippen molar-refractivity contribution in [3.63, 3.8) is 0 Å². The summed E-state index contributed by atoms with van der Waals surface area (Å²) in [5, 5.41) is 16.4. The van der Waals surface area contributed by atoms with E-state index in [-0.39, 0.29) is 33.3 Å². The van der Waals surface area contributed by atoms with Crippen LogP contribution in [0.4, 0.5) is 29.3 Å². The van der Waals surface area contributed by atoms with Crippen molar-refractivity contribution in [2.24, 2.45) is 0 Å². The Morgan fingerprint density at radius 1 is 1.16 bits per heavy atom. The lowest BCUT2D eigenvalue weighted by Gasteiger charge is -2.29. The van der Waals surface area contributed by atoms with Crippen LogP contribution in [-0.2, 0) is 6.18 Å². The molecule has 0 amide bonds. The molecule has 2 aromatic heterocycles. The van der Waals surface area contributed by atoms with Gasteiger partial charge < -0.3 is 20.6 Å². The Kier molecular flexibility index (Phi) is 7.86. The maximum atomic E-state index is 14.7. The maximum Gasteiger partial charge on any atom is 0.431 e. The fourth-order valence-corrected chi connectivity index (χ4v) is 4.46. The lowest BCUT2D eigenvalue weighted by atomic mass is 10.1. The minimum atomic E-state index is -5.04. The van der Waals surface area contributed by atoms with Crippen LogP contribution < -0.4 is 16.2 Å². The third-order valence-corrected chi connectivity index (χ3v) is 6.48. The number of likely N-dealkylation sites (tertiary alicyclic amines) is 1. The van der Waals surface area contributed by atoms with Crippen molar-refractivity contribution in [3.8, 4) is 11.4 Å². The van der Waals surface area contributed by atoms with Gasteiger partial charge in [-0.25, -0.2) is 9.37 Å². The molecule has 1 fully saturated rings. The van der Waals surface area contributed by atoms with E-state index >= 15 is 0 Å². The molecule has 3 aromatic rings. The first kappa shape index (κ1) is 26.6. The molecule has 12 heteroatoms. The molecule has 0 atom stereocenters. The third kappa shape index (κ3) is 5.79. The molecular formula is C25H30F4N6O2. The number of para-hydroxylation sites is 1. The minimum absolute atomic E-state index is 0.0221. The summed E-state index contributed by atoms with van der Waals surface area (Å²) in [5.41, 5.74) is -3.86. The summed E-state index contributed by atoms with van der Waals surface area (Å²) < 4.78 is 57.3. The quantitative estimate of drug-likeness (QED) is 0.290. The van der Waals surface area contributed by atoms with Crippen molar-refractivity contribution in [2.45, 2.75) is 51.2 Å². The zero-order valence-corrected chi connectivity index (χ0v) is 20.7. The maximum absolute atomic E-state index is 14.7. The number of alkyl halides is 3. The van der Waals surface area contributed by atoms with Crippen LogP contribution in [0.5, 0.6) is 5.75 Å². The first-order valence-electron chi connectivity index (χ1n) is 12.3. The molecule has 1 aliphatic heterocycles. The van der Waals surface area contributed by atoms with E-state index < -0.39 is 34.7 Å². The van der Waals surface area contributed by atoms with E-state index in [1.54, 1.807) is 0 Å². The van der Waals surface area contributed by atoms with Gasteiger partial charge in [-0.15, -0.1) is 0 Å². The number of unbranched alkanes of at least 4 members (excludes halogenated alkanes) is 2. The topological polar surface area (TPSA) is 95.3 Å². The Hall–Kier alpha value is -3.41. The van der Waals surface area contributed by atoms with Crippen molar-refractivity contribution in [2.75, 3.05) is 37.3 Å². The molecule has 200 valence electrons. The number of piperidine rings is 1. The van der Waals surface area contributed by atoms with E-state index in [1.807, 2.05) is 14.0 Å². The van der Waals surface area contributed by atoms with Crippen molar-refractivity contribution in [3.05, 3.63) is 46.1 Å². The number of hydrogen-bond donors (Lipinski definition) is 3. The molecule has 37 heavy (non-hydrogen) atoms. The van der Waals surface area contributed by atoms with Crippen molar-refractivity contribution >= 4 is 22.7 Å². The zero-order chi connectivity index (χ0) is 26.7. The predicted octanol–water partition coefficient (Wildman–Crippen LogP) is 4.75. The summed E-state index contributed by atoms with van der Waals surface area (Å²) in [6.07, 6.45) is -0.818. The van der Waals surface area contributed by atoms with Gasteiger partial charge in [-0.3, -0.25) is 9.36 Å². The highest BCUT2D eigenvalue weighted by atomic mass is 19.4. The Morgan fingerprint density at radius 3 is 2.54 bits per heavy atom. The lowest BCUT2D eigenvalue weighted by molar-refractivity contribution is -0.142. The molecule has 0 unspecified atom stereocenters. The van der Waals surface area contributed by atoms with Crippen LogP contribution >= 0.6 is 0 Å². The van der Waals surface area contributed by atoms with Crippen LogP contribution in [0.1, 0.15) is 44.7 Å². The highest BCUT2D eigenvalue weighted by Gasteiger charge is 2.37. The zero-order valence-electron chi connectivity index (χ0n) is 20.7. The van der Waals surface area contributed by atoms with Crippen LogP contribution in [0.15, 0.2) is 29.1 Å². The Morgan fingerprint density at radius 2 is 1.89 bits per heavy atom. The van der Waals surface area contributed by atoms with E-state index in [2.05, 4.69) is 25.5 Å². The largest absolute Gasteiger partial charge is 0.506 e. The van der Waals surface area contributed by atoms with Gasteiger partial charge in [0.05, 0.1) is 5.39 Å². The van der Waals surface area contributed by atoms with Crippen molar-refractivity contribution in [1.82, 2.24) is 19.4 Å². The van der Waals surface area contributed by atoms with E-state index in [9.17, 15) is 27.5 Å². The predicted molar refractivity (Wildman–Crippen MR) is 134 cm³/mol. The number of pyridine rings is 1. The second-order valence-electron chi connectivity index (χ2n) is 9.29. The number of nitrogens with one attached hydrogen (secondary N) is 2. The normalized spacial score (nSPS) is 15.3. The summed E-state index contributed by atoms with van der Waals surface area (Å²) in [6.45, 7) is 4.16. The Labute approximate surface area is 211 Å². The fraction of sp³-hybridized carbons (Fsp3) is 0.480. The number of benzene rings is 1. The van der Waals surface area contributed by atoms with E-state index in [0.717, 1.165) is 69.5 Å². The molecule has 0 spiro atoms. The lowest BCUT2D eigenvalue weighted by Crippen LogP contribution is -2.37. The molecule has 1 aliphatic rings. The number of hydrogen-bond acceptors (Lipinski definition) is 7. The average molecular weight is 523 g/mol. The monoisotopic (exact) mass is 522 g/mol. The number of aromatic nitrogens is 3. The standard InChI is InChI=1S/C25H30F4N6O2/c1-3-4-5-11-30-22-16-14-19(25(27,28)29)35(21-17(26)7-6-8-18(21)36)23(37)20(16)32-24(33-22)31-15-9-12-34(2)13-10-15/h6-8,14-15,36H,3-5,9-13H2,1-2H3,(H2,30,31,32,33). The molecule has 0 bridgehead atoms. The van der Waals surface area contributed by atoms with Crippen LogP contribution in [0.3, 0.4) is 0 Å². The van der Waals surface area contributed by atoms with Gasteiger partial charge in [-0.05, 0) is 57.6 Å². The molecule has 1 saturated heterocycles. The Balaban J connectivity index is 1.91. The molecule has 3 heterocycles. The number of halogens is 4. The summed E-state index contributed by atoms with van der Waals surface area (Å²) in [5.74, 6) is -1.79. The van der Waals surface area contributed by atoms with Crippen LogP contribution in [0.25, 0.3) is 16.6 Å². The van der Waals surface area contributed by atoms with Crippen LogP contribution in [-0.4, -0.2) is 57.3 Å². The van der Waals surface area contributed by atoms with Crippen molar-refractivity contribution in [1.29, 1.82) is 0 Å². The average Bonchev–Trinajstić information content (AvgIpc) is 2.84. The molecule has 0 aliphatic carbocycles. The molecular weight excluding hydrogens is 492 g/mol. The highest BCUT2D eigenvalue weighted by Crippen LogP contribution is 2.36. The van der Waals surface area contributed by atoms with Gasteiger partial charge in [0.25, 0.3) is 5.56 Å². The number of aromatic hydroxyl groups is 1. The van der Waals surface area contributed by atoms with E-state index in [0.29, 0.717) is 6.54 Å². The summed E-state index contributed by atoms with van der Waals surface area (Å²) >= 11 is 0. The molecule has 0 radical (unpaired) electrons. The SMILES string of the molecule is CCCCCNc1nc(NC2CCN(C)CC2)nc2c(=O)n(-c3c(O)cccc3F)c(C(F)(F)F)cc12. The number of phenolic OH excluding ortho intramolecular Hbond substituents is 1. The second kappa shape index (κ2) is 10.9. The number of anilines is 2. The minimum Gasteiger partial charge on any atom is -0.506 e. The summed E-state index contributed by atoms with van der Waals surface area (Å²) in [6, 6.07) is 3.78. The van der Waals surface area contributed by atoms with E-state index in [1.165, 1.54) is 0 Å². The number of fused-ring (bicyclic) bond motifs is 1. The fourth-order valence-electron chi connectivity index (χ4n) is 4.46. The summed E-state index contributed by atoms with van der Waals surface area (Å²) in [7, 11) is 2.01.